The molecule has 0 spiro atoms. The SMILES string of the molecule is O=C(O[C@@H]1CCCCCC[C@@H]1O)N1CCCC1. The van der Waals surface area contributed by atoms with Crippen molar-refractivity contribution in [2.75, 3.05) is 13.1 Å². The highest BCUT2D eigenvalue weighted by Gasteiger charge is 2.27. The van der Waals surface area contributed by atoms with Crippen molar-refractivity contribution in [3.8, 4) is 0 Å². The molecule has 4 nitrogen and oxygen atoms in total. The number of hydrogen-bond acceptors (Lipinski definition) is 3. The van der Waals surface area contributed by atoms with Gasteiger partial charge in [-0.2, -0.15) is 0 Å². The van der Waals surface area contributed by atoms with Gasteiger partial charge in [0.05, 0.1) is 6.10 Å². The van der Waals surface area contributed by atoms with Crippen LogP contribution in [-0.2, 0) is 4.74 Å². The van der Waals surface area contributed by atoms with E-state index in [1.54, 1.807) is 4.90 Å². The summed E-state index contributed by atoms with van der Waals surface area (Å²) in [5, 5.41) is 9.97. The molecule has 2 atom stereocenters. The Morgan fingerprint density at radius 1 is 1.00 bits per heavy atom. The van der Waals surface area contributed by atoms with E-state index in [-0.39, 0.29) is 12.2 Å². The molecule has 1 aliphatic heterocycles. The Kier molecular flexibility index (Phi) is 4.66. The van der Waals surface area contributed by atoms with E-state index in [4.69, 9.17) is 4.74 Å². The largest absolute Gasteiger partial charge is 0.443 e. The lowest BCUT2D eigenvalue weighted by atomic mass is 9.96. The Hall–Kier alpha value is -0.770. The molecule has 0 aromatic rings. The molecule has 1 saturated heterocycles. The number of hydrogen-bond donors (Lipinski definition) is 1. The molecule has 1 saturated carbocycles. The number of rotatable bonds is 1. The van der Waals surface area contributed by atoms with Crippen molar-refractivity contribution in [1.82, 2.24) is 4.90 Å². The second kappa shape index (κ2) is 6.24. The van der Waals surface area contributed by atoms with Gasteiger partial charge in [-0.15, -0.1) is 0 Å². The highest BCUT2D eigenvalue weighted by atomic mass is 16.6. The highest BCUT2D eigenvalue weighted by molar-refractivity contribution is 5.68. The Bertz CT molecular complexity index is 251. The summed E-state index contributed by atoms with van der Waals surface area (Å²) in [6.07, 6.45) is 7.18. The maximum absolute atomic E-state index is 11.8. The summed E-state index contributed by atoms with van der Waals surface area (Å²) in [4.78, 5) is 13.6. The van der Waals surface area contributed by atoms with E-state index in [9.17, 15) is 9.90 Å². The fourth-order valence-corrected chi connectivity index (χ4v) is 2.67. The highest BCUT2D eigenvalue weighted by Crippen LogP contribution is 2.21. The molecular weight excluding hydrogens is 218 g/mol. The van der Waals surface area contributed by atoms with Crippen LogP contribution in [0.1, 0.15) is 51.4 Å². The second-order valence-corrected chi connectivity index (χ2v) is 5.18. The molecule has 1 amide bonds. The molecule has 1 heterocycles. The van der Waals surface area contributed by atoms with Gasteiger partial charge in [-0.1, -0.05) is 19.3 Å². The lowest BCUT2D eigenvalue weighted by molar-refractivity contribution is -0.0218. The molecule has 1 aliphatic carbocycles. The quantitative estimate of drug-likeness (QED) is 0.766. The Morgan fingerprint density at radius 2 is 1.65 bits per heavy atom. The zero-order valence-electron chi connectivity index (χ0n) is 10.4. The van der Waals surface area contributed by atoms with E-state index >= 15 is 0 Å². The van der Waals surface area contributed by atoms with Crippen LogP contribution in [0.4, 0.5) is 4.79 Å². The maximum atomic E-state index is 11.8. The summed E-state index contributed by atoms with van der Waals surface area (Å²) < 4.78 is 5.46. The molecule has 0 aromatic carbocycles. The normalized spacial score (nSPS) is 30.8. The molecule has 0 bridgehead atoms. The van der Waals surface area contributed by atoms with Crippen molar-refractivity contribution >= 4 is 6.09 Å². The summed E-state index contributed by atoms with van der Waals surface area (Å²) in [5.41, 5.74) is 0. The average molecular weight is 241 g/mol. The third-order valence-corrected chi connectivity index (χ3v) is 3.78. The summed E-state index contributed by atoms with van der Waals surface area (Å²) in [7, 11) is 0. The maximum Gasteiger partial charge on any atom is 0.410 e. The molecule has 2 fully saturated rings. The zero-order chi connectivity index (χ0) is 12.1. The van der Waals surface area contributed by atoms with Gasteiger partial charge >= 0.3 is 6.09 Å². The van der Waals surface area contributed by atoms with Crippen molar-refractivity contribution < 1.29 is 14.6 Å². The first-order chi connectivity index (χ1) is 8.27. The first kappa shape index (κ1) is 12.7. The molecule has 4 heteroatoms. The van der Waals surface area contributed by atoms with Crippen molar-refractivity contribution in [3.63, 3.8) is 0 Å². The molecule has 17 heavy (non-hydrogen) atoms. The van der Waals surface area contributed by atoms with E-state index < -0.39 is 6.10 Å². The van der Waals surface area contributed by atoms with Gasteiger partial charge in [-0.05, 0) is 32.1 Å². The van der Waals surface area contributed by atoms with E-state index in [0.717, 1.165) is 51.6 Å². The topological polar surface area (TPSA) is 49.8 Å². The first-order valence-corrected chi connectivity index (χ1v) is 6.91. The molecule has 2 aliphatic rings. The minimum Gasteiger partial charge on any atom is -0.443 e. The van der Waals surface area contributed by atoms with Crippen molar-refractivity contribution in [2.45, 2.75) is 63.6 Å². The van der Waals surface area contributed by atoms with E-state index in [2.05, 4.69) is 0 Å². The second-order valence-electron chi connectivity index (χ2n) is 5.18. The molecular formula is C13H23NO3. The number of aliphatic hydroxyl groups excluding tert-OH is 1. The zero-order valence-corrected chi connectivity index (χ0v) is 10.4. The third kappa shape index (κ3) is 3.60. The van der Waals surface area contributed by atoms with E-state index in [0.29, 0.717) is 0 Å². The summed E-state index contributed by atoms with van der Waals surface area (Å²) in [6.45, 7) is 1.61. The van der Waals surface area contributed by atoms with Crippen LogP contribution in [0.3, 0.4) is 0 Å². The summed E-state index contributed by atoms with van der Waals surface area (Å²) in [5.74, 6) is 0. The Labute approximate surface area is 103 Å². The van der Waals surface area contributed by atoms with Crippen LogP contribution in [0.2, 0.25) is 0 Å². The molecule has 98 valence electrons. The monoisotopic (exact) mass is 241 g/mol. The van der Waals surface area contributed by atoms with Crippen molar-refractivity contribution in [2.24, 2.45) is 0 Å². The average Bonchev–Trinajstić information content (AvgIpc) is 2.82. The van der Waals surface area contributed by atoms with Gasteiger partial charge < -0.3 is 14.7 Å². The predicted octanol–water partition coefficient (Wildman–Crippen LogP) is 2.30. The van der Waals surface area contributed by atoms with Crippen molar-refractivity contribution in [3.05, 3.63) is 0 Å². The lowest BCUT2D eigenvalue weighted by Crippen LogP contribution is -2.37. The van der Waals surface area contributed by atoms with Crippen LogP contribution in [0.5, 0.6) is 0 Å². The number of amides is 1. The van der Waals surface area contributed by atoms with Crippen molar-refractivity contribution in [1.29, 1.82) is 0 Å². The van der Waals surface area contributed by atoms with Crippen LogP contribution in [-0.4, -0.2) is 41.4 Å². The molecule has 0 aromatic heterocycles. The van der Waals surface area contributed by atoms with Gasteiger partial charge in [-0.25, -0.2) is 4.79 Å². The van der Waals surface area contributed by atoms with Gasteiger partial charge in [0.15, 0.2) is 0 Å². The number of carbonyl (C=O) groups is 1. The third-order valence-electron chi connectivity index (χ3n) is 3.78. The van der Waals surface area contributed by atoms with E-state index in [1.165, 1.54) is 12.8 Å². The van der Waals surface area contributed by atoms with E-state index in [1.807, 2.05) is 0 Å². The number of aliphatic hydroxyl groups is 1. The van der Waals surface area contributed by atoms with Gasteiger partial charge in [0, 0.05) is 13.1 Å². The smallest absolute Gasteiger partial charge is 0.410 e. The fourth-order valence-electron chi connectivity index (χ4n) is 2.67. The van der Waals surface area contributed by atoms with Gasteiger partial charge in [-0.3, -0.25) is 0 Å². The van der Waals surface area contributed by atoms with Crippen LogP contribution < -0.4 is 0 Å². The van der Waals surface area contributed by atoms with Crippen LogP contribution >= 0.6 is 0 Å². The lowest BCUT2D eigenvalue weighted by Gasteiger charge is -2.27. The van der Waals surface area contributed by atoms with Gasteiger partial charge in [0.2, 0.25) is 0 Å². The van der Waals surface area contributed by atoms with Crippen LogP contribution in [0, 0.1) is 0 Å². The number of carbonyl (C=O) groups excluding carboxylic acids is 1. The molecule has 0 unspecified atom stereocenters. The molecule has 2 rings (SSSR count). The Morgan fingerprint density at radius 3 is 2.35 bits per heavy atom. The standard InChI is InChI=1S/C13H23NO3/c15-11-7-3-1-2-4-8-12(11)17-13(16)14-9-5-6-10-14/h11-12,15H,1-10H2/t11-,12+/m0/s1. The predicted molar refractivity (Wildman–Crippen MR) is 64.8 cm³/mol. The minimum absolute atomic E-state index is 0.230. The fraction of sp³-hybridized carbons (Fsp3) is 0.923. The number of likely N-dealkylation sites (tertiary alicyclic amines) is 1. The first-order valence-electron chi connectivity index (χ1n) is 6.91. The number of nitrogens with zero attached hydrogens (tertiary/aromatic N) is 1. The van der Waals surface area contributed by atoms with Gasteiger partial charge in [0.1, 0.15) is 6.10 Å². The van der Waals surface area contributed by atoms with Crippen LogP contribution in [0.15, 0.2) is 0 Å². The Balaban J connectivity index is 1.83. The molecule has 0 radical (unpaired) electrons. The summed E-state index contributed by atoms with van der Waals surface area (Å²) in [6, 6.07) is 0. The summed E-state index contributed by atoms with van der Waals surface area (Å²) >= 11 is 0. The molecule has 1 N–H and O–H groups in total. The van der Waals surface area contributed by atoms with Crippen LogP contribution in [0.25, 0.3) is 0 Å². The van der Waals surface area contributed by atoms with Gasteiger partial charge in [0.25, 0.3) is 0 Å². The minimum atomic E-state index is -0.471. The number of ether oxygens (including phenoxy) is 1.